The molecule has 1 saturated heterocycles. The van der Waals surface area contributed by atoms with Crippen LogP contribution in [0, 0.1) is 0 Å². The topological polar surface area (TPSA) is 72.6 Å². The maximum absolute atomic E-state index is 12.8. The summed E-state index contributed by atoms with van der Waals surface area (Å²) in [5.41, 5.74) is 5.87. The van der Waals surface area contributed by atoms with Crippen molar-refractivity contribution in [1.29, 1.82) is 0 Å². The predicted molar refractivity (Wildman–Crippen MR) is 76.6 cm³/mol. The molecule has 0 spiro atoms. The zero-order valence-electron chi connectivity index (χ0n) is 10.9. The van der Waals surface area contributed by atoms with Crippen molar-refractivity contribution in [1.82, 2.24) is 4.31 Å². The summed E-state index contributed by atoms with van der Waals surface area (Å²) in [6.45, 7) is 0.883. The molecule has 0 aromatic heterocycles. The van der Waals surface area contributed by atoms with Gasteiger partial charge in [-0.3, -0.25) is 0 Å². The molecule has 2 aromatic rings. The number of hydrogen-bond acceptors (Lipinski definition) is 4. The summed E-state index contributed by atoms with van der Waals surface area (Å²) in [6.07, 6.45) is -0.632. The highest BCUT2D eigenvalue weighted by Crippen LogP contribution is 2.26. The van der Waals surface area contributed by atoms with Crippen LogP contribution in [0.15, 0.2) is 47.4 Å². The molecule has 0 saturated carbocycles. The molecule has 1 aliphatic heterocycles. The minimum absolute atomic E-state index is 0.226. The normalized spacial score (nSPS) is 21.1. The van der Waals surface area contributed by atoms with Gasteiger partial charge in [0.2, 0.25) is 10.0 Å². The Morgan fingerprint density at radius 3 is 2.70 bits per heavy atom. The van der Waals surface area contributed by atoms with Crippen LogP contribution < -0.4 is 5.73 Å². The van der Waals surface area contributed by atoms with Gasteiger partial charge >= 0.3 is 0 Å². The van der Waals surface area contributed by atoms with Crippen molar-refractivity contribution in [2.24, 2.45) is 5.73 Å². The van der Waals surface area contributed by atoms with Crippen LogP contribution >= 0.6 is 0 Å². The third-order valence-corrected chi connectivity index (χ3v) is 5.43. The SMILES string of the molecule is NC1COCCN1S(=O)(=O)c1cccc2ccccc12. The maximum atomic E-state index is 12.8. The highest BCUT2D eigenvalue weighted by molar-refractivity contribution is 7.89. The molecule has 106 valence electrons. The van der Waals surface area contributed by atoms with E-state index in [1.165, 1.54) is 4.31 Å². The van der Waals surface area contributed by atoms with E-state index in [-0.39, 0.29) is 13.2 Å². The summed E-state index contributed by atoms with van der Waals surface area (Å²) in [5.74, 6) is 0. The Kier molecular flexibility index (Phi) is 3.47. The molecule has 0 aliphatic carbocycles. The molecule has 1 heterocycles. The first-order valence-corrected chi connectivity index (χ1v) is 7.87. The largest absolute Gasteiger partial charge is 0.377 e. The van der Waals surface area contributed by atoms with Crippen LogP contribution in [0.2, 0.25) is 0 Å². The zero-order chi connectivity index (χ0) is 14.2. The van der Waals surface area contributed by atoms with Gasteiger partial charge in [-0.05, 0) is 11.5 Å². The second-order valence-electron chi connectivity index (χ2n) is 4.74. The van der Waals surface area contributed by atoms with Gasteiger partial charge in [0.1, 0.15) is 0 Å². The molecule has 1 fully saturated rings. The highest BCUT2D eigenvalue weighted by atomic mass is 32.2. The first-order chi connectivity index (χ1) is 9.60. The van der Waals surface area contributed by atoms with Crippen molar-refractivity contribution in [3.63, 3.8) is 0 Å². The number of hydrogen-bond donors (Lipinski definition) is 1. The van der Waals surface area contributed by atoms with Gasteiger partial charge in [0.25, 0.3) is 0 Å². The Hall–Kier alpha value is -1.47. The summed E-state index contributed by atoms with van der Waals surface area (Å²) in [5, 5.41) is 1.61. The summed E-state index contributed by atoms with van der Waals surface area (Å²) in [4.78, 5) is 0.299. The van der Waals surface area contributed by atoms with Crippen LogP contribution in [0.1, 0.15) is 0 Å². The van der Waals surface area contributed by atoms with Gasteiger partial charge in [-0.1, -0.05) is 36.4 Å². The number of nitrogens with two attached hydrogens (primary N) is 1. The number of sulfonamides is 1. The lowest BCUT2D eigenvalue weighted by molar-refractivity contribution is 0.0350. The van der Waals surface area contributed by atoms with Gasteiger partial charge in [-0.25, -0.2) is 8.42 Å². The fourth-order valence-corrected chi connectivity index (χ4v) is 4.15. The van der Waals surface area contributed by atoms with E-state index in [1.54, 1.807) is 12.1 Å². The molecule has 0 amide bonds. The number of benzene rings is 2. The lowest BCUT2D eigenvalue weighted by atomic mass is 10.1. The summed E-state index contributed by atoms with van der Waals surface area (Å²) in [6, 6.07) is 12.7. The van der Waals surface area contributed by atoms with Gasteiger partial charge in [-0.15, -0.1) is 0 Å². The Morgan fingerprint density at radius 1 is 1.15 bits per heavy atom. The highest BCUT2D eigenvalue weighted by Gasteiger charge is 2.32. The minimum Gasteiger partial charge on any atom is -0.377 e. The van der Waals surface area contributed by atoms with Crippen LogP contribution in [0.25, 0.3) is 10.8 Å². The molecular formula is C14H16N2O3S. The van der Waals surface area contributed by atoms with E-state index in [2.05, 4.69) is 0 Å². The lowest BCUT2D eigenvalue weighted by Crippen LogP contribution is -2.53. The molecule has 3 rings (SSSR count). The quantitative estimate of drug-likeness (QED) is 0.901. The number of ether oxygens (including phenoxy) is 1. The summed E-state index contributed by atoms with van der Waals surface area (Å²) >= 11 is 0. The smallest absolute Gasteiger partial charge is 0.245 e. The van der Waals surface area contributed by atoms with Crippen LogP contribution in [0.5, 0.6) is 0 Å². The number of fused-ring (bicyclic) bond motifs is 1. The number of nitrogens with zero attached hydrogens (tertiary/aromatic N) is 1. The first kappa shape index (κ1) is 13.5. The molecule has 1 unspecified atom stereocenters. The van der Waals surface area contributed by atoms with E-state index >= 15 is 0 Å². The molecule has 6 heteroatoms. The molecule has 20 heavy (non-hydrogen) atoms. The van der Waals surface area contributed by atoms with E-state index in [0.717, 1.165) is 5.39 Å². The predicted octanol–water partition coefficient (Wildman–Crippen LogP) is 1.15. The molecule has 2 aromatic carbocycles. The molecule has 1 atom stereocenters. The molecule has 1 aliphatic rings. The molecular weight excluding hydrogens is 276 g/mol. The van der Waals surface area contributed by atoms with Gasteiger partial charge in [-0.2, -0.15) is 4.31 Å². The Morgan fingerprint density at radius 2 is 1.90 bits per heavy atom. The van der Waals surface area contributed by atoms with E-state index in [4.69, 9.17) is 10.5 Å². The number of morpholine rings is 1. The fraction of sp³-hybridized carbons (Fsp3) is 0.286. The molecule has 5 nitrogen and oxygen atoms in total. The van der Waals surface area contributed by atoms with E-state index in [0.29, 0.717) is 16.9 Å². The van der Waals surface area contributed by atoms with Crippen molar-refractivity contribution in [3.8, 4) is 0 Å². The lowest BCUT2D eigenvalue weighted by Gasteiger charge is -2.32. The molecule has 0 radical (unpaired) electrons. The fourth-order valence-electron chi connectivity index (χ4n) is 2.45. The average molecular weight is 292 g/mol. The van der Waals surface area contributed by atoms with Crippen molar-refractivity contribution in [2.45, 2.75) is 11.1 Å². The third-order valence-electron chi connectivity index (χ3n) is 3.45. The Balaban J connectivity index is 2.14. The van der Waals surface area contributed by atoms with Crippen molar-refractivity contribution < 1.29 is 13.2 Å². The van der Waals surface area contributed by atoms with Gasteiger partial charge in [0.15, 0.2) is 0 Å². The van der Waals surface area contributed by atoms with Gasteiger partial charge in [0, 0.05) is 11.9 Å². The Labute approximate surface area is 118 Å². The van der Waals surface area contributed by atoms with Crippen LogP contribution in [0.3, 0.4) is 0 Å². The van der Waals surface area contributed by atoms with Crippen molar-refractivity contribution in [2.75, 3.05) is 19.8 Å². The van der Waals surface area contributed by atoms with E-state index in [9.17, 15) is 8.42 Å². The second-order valence-corrected chi connectivity index (χ2v) is 6.59. The molecule has 2 N–H and O–H groups in total. The maximum Gasteiger partial charge on any atom is 0.245 e. The van der Waals surface area contributed by atoms with Gasteiger partial charge < -0.3 is 10.5 Å². The van der Waals surface area contributed by atoms with E-state index < -0.39 is 16.2 Å². The van der Waals surface area contributed by atoms with Gasteiger partial charge in [0.05, 0.1) is 24.3 Å². The van der Waals surface area contributed by atoms with Crippen LogP contribution in [-0.4, -0.2) is 38.6 Å². The monoisotopic (exact) mass is 292 g/mol. The average Bonchev–Trinajstić information content (AvgIpc) is 2.47. The van der Waals surface area contributed by atoms with Crippen LogP contribution in [0.4, 0.5) is 0 Å². The molecule has 0 bridgehead atoms. The second kappa shape index (κ2) is 5.14. The minimum atomic E-state index is -3.61. The van der Waals surface area contributed by atoms with Crippen molar-refractivity contribution in [3.05, 3.63) is 42.5 Å². The number of rotatable bonds is 2. The standard InChI is InChI=1S/C14H16N2O3S/c15-14-10-19-9-8-16(14)20(17,18)13-7-3-5-11-4-1-2-6-12(11)13/h1-7,14H,8-10,15H2. The van der Waals surface area contributed by atoms with Crippen LogP contribution in [-0.2, 0) is 14.8 Å². The summed E-state index contributed by atoms with van der Waals surface area (Å²) in [7, 11) is -3.61. The first-order valence-electron chi connectivity index (χ1n) is 6.43. The summed E-state index contributed by atoms with van der Waals surface area (Å²) < 4.78 is 32.1. The van der Waals surface area contributed by atoms with E-state index in [1.807, 2.05) is 30.3 Å². The Bertz CT molecular complexity index is 725. The van der Waals surface area contributed by atoms with Crippen molar-refractivity contribution >= 4 is 20.8 Å². The third kappa shape index (κ3) is 2.20. The zero-order valence-corrected chi connectivity index (χ0v) is 11.7.